The van der Waals surface area contributed by atoms with E-state index in [0.717, 1.165) is 51.2 Å². The van der Waals surface area contributed by atoms with Crippen LogP contribution in [-0.2, 0) is 19.6 Å². The number of nitrogens with zero attached hydrogens (tertiary/aromatic N) is 5. The number of fused-ring (bicyclic) bond motifs is 1. The molecule has 8 nitrogen and oxygen atoms in total. The van der Waals surface area contributed by atoms with Crippen molar-refractivity contribution in [1.82, 2.24) is 30.1 Å². The number of aryl methyl sites for hydroxylation is 2. The van der Waals surface area contributed by atoms with E-state index in [9.17, 15) is 4.79 Å². The molecule has 0 amide bonds. The molecule has 1 atom stereocenters. The van der Waals surface area contributed by atoms with Gasteiger partial charge in [-0.05, 0) is 82.4 Å². The van der Waals surface area contributed by atoms with Gasteiger partial charge in [0.05, 0.1) is 25.2 Å². The number of hydrogen-bond donors (Lipinski definition) is 1. The van der Waals surface area contributed by atoms with Crippen molar-refractivity contribution in [3.8, 4) is 5.75 Å². The van der Waals surface area contributed by atoms with Crippen LogP contribution in [0.25, 0.3) is 10.9 Å². The molecule has 0 fully saturated rings. The van der Waals surface area contributed by atoms with Crippen LogP contribution in [0.3, 0.4) is 0 Å². The van der Waals surface area contributed by atoms with E-state index in [1.807, 2.05) is 41.9 Å². The molecule has 0 saturated heterocycles. The molecular formula is C29H32N6O2S. The van der Waals surface area contributed by atoms with Crippen molar-refractivity contribution in [3.05, 3.63) is 103 Å². The lowest BCUT2D eigenvalue weighted by Gasteiger charge is -2.30. The lowest BCUT2D eigenvalue weighted by molar-refractivity contribution is 0.163. The first kappa shape index (κ1) is 25.8. The number of hydrogen-bond acceptors (Lipinski definition) is 7. The van der Waals surface area contributed by atoms with Crippen LogP contribution < -0.4 is 10.3 Å². The number of nitrogens with one attached hydrogen (secondary N) is 1. The summed E-state index contributed by atoms with van der Waals surface area (Å²) in [4.78, 5) is 19.9. The fourth-order valence-electron chi connectivity index (χ4n) is 4.86. The summed E-state index contributed by atoms with van der Waals surface area (Å²) < 4.78 is 7.14. The normalized spacial score (nSPS) is 12.3. The first-order valence-electron chi connectivity index (χ1n) is 12.7. The second-order valence-corrected chi connectivity index (χ2v) is 10.6. The molecule has 0 saturated carbocycles. The summed E-state index contributed by atoms with van der Waals surface area (Å²) >= 11 is 1.71. The largest absolute Gasteiger partial charge is 0.497 e. The summed E-state index contributed by atoms with van der Waals surface area (Å²) in [5, 5.41) is 15.9. The molecule has 5 rings (SSSR count). The molecule has 0 spiro atoms. The van der Waals surface area contributed by atoms with Crippen LogP contribution in [0, 0.1) is 13.8 Å². The number of tetrazole rings is 1. The maximum absolute atomic E-state index is 13.3. The van der Waals surface area contributed by atoms with Crippen molar-refractivity contribution >= 4 is 22.2 Å². The quantitative estimate of drug-likeness (QED) is 0.261. The van der Waals surface area contributed by atoms with E-state index in [-0.39, 0.29) is 11.6 Å². The Morgan fingerprint density at radius 3 is 2.63 bits per heavy atom. The van der Waals surface area contributed by atoms with E-state index in [1.54, 1.807) is 18.4 Å². The second kappa shape index (κ2) is 11.3. The van der Waals surface area contributed by atoms with Gasteiger partial charge in [0.15, 0.2) is 5.82 Å². The van der Waals surface area contributed by atoms with Crippen LogP contribution >= 0.6 is 11.3 Å². The zero-order valence-electron chi connectivity index (χ0n) is 22.1. The van der Waals surface area contributed by atoms with E-state index in [4.69, 9.17) is 4.74 Å². The Morgan fingerprint density at radius 2 is 1.92 bits per heavy atom. The minimum atomic E-state index is -0.0831. The van der Waals surface area contributed by atoms with Crippen LogP contribution in [0.5, 0.6) is 5.75 Å². The lowest BCUT2D eigenvalue weighted by Crippen LogP contribution is -2.32. The predicted molar refractivity (Wildman–Crippen MR) is 151 cm³/mol. The van der Waals surface area contributed by atoms with E-state index in [0.29, 0.717) is 19.6 Å². The van der Waals surface area contributed by atoms with Gasteiger partial charge in [0.2, 0.25) is 0 Å². The Kier molecular flexibility index (Phi) is 7.67. The average Bonchev–Trinajstić information content (AvgIpc) is 3.61. The molecule has 1 unspecified atom stereocenters. The summed E-state index contributed by atoms with van der Waals surface area (Å²) in [5.74, 6) is 1.59. The summed E-state index contributed by atoms with van der Waals surface area (Å²) in [6.07, 6.45) is 0.790. The van der Waals surface area contributed by atoms with Crippen LogP contribution in [0.4, 0.5) is 0 Å². The van der Waals surface area contributed by atoms with E-state index >= 15 is 0 Å². The fraction of sp³-hybridized carbons (Fsp3) is 0.310. The number of pyridine rings is 1. The highest BCUT2D eigenvalue weighted by Crippen LogP contribution is 2.28. The van der Waals surface area contributed by atoms with Crippen LogP contribution in [0.15, 0.2) is 64.8 Å². The van der Waals surface area contributed by atoms with Gasteiger partial charge in [-0.15, -0.1) is 16.4 Å². The SMILES string of the molecule is CCC(c1nnnn1Cc1ccc(OC)cc1)N(Cc1cccs1)Cc1cc2ccc(C)c(C)c2[nH]c1=O. The van der Waals surface area contributed by atoms with Crippen molar-refractivity contribution in [2.75, 3.05) is 7.11 Å². The molecule has 9 heteroatoms. The van der Waals surface area contributed by atoms with Crippen molar-refractivity contribution in [2.45, 2.75) is 52.9 Å². The van der Waals surface area contributed by atoms with E-state index < -0.39 is 0 Å². The number of aromatic amines is 1. The van der Waals surface area contributed by atoms with E-state index in [2.05, 4.69) is 68.9 Å². The van der Waals surface area contributed by atoms with Crippen LogP contribution in [0.1, 0.15) is 52.3 Å². The Labute approximate surface area is 225 Å². The maximum atomic E-state index is 13.3. The number of aromatic nitrogens is 5. The average molecular weight is 529 g/mol. The molecule has 3 heterocycles. The first-order chi connectivity index (χ1) is 18.5. The third-order valence-corrected chi connectivity index (χ3v) is 7.98. The van der Waals surface area contributed by atoms with Gasteiger partial charge in [0.1, 0.15) is 5.75 Å². The highest BCUT2D eigenvalue weighted by atomic mass is 32.1. The van der Waals surface area contributed by atoms with E-state index in [1.165, 1.54) is 4.88 Å². The van der Waals surface area contributed by atoms with Crippen molar-refractivity contribution in [3.63, 3.8) is 0 Å². The number of methoxy groups -OCH3 is 1. The van der Waals surface area contributed by atoms with Crippen LogP contribution in [-0.4, -0.2) is 37.2 Å². The number of rotatable bonds is 10. The zero-order chi connectivity index (χ0) is 26.6. The van der Waals surface area contributed by atoms with Gasteiger partial charge in [-0.3, -0.25) is 9.69 Å². The standard InChI is InChI=1S/C29H32N6O2S/c1-5-26(28-31-32-33-35(28)16-21-9-12-24(37-4)13-10-21)34(18-25-7-6-14-38-25)17-23-15-22-11-8-19(2)20(3)27(22)30-29(23)36/h6-15,26H,5,16-18H2,1-4H3,(H,30,36). The maximum Gasteiger partial charge on any atom is 0.252 e. The molecule has 2 aromatic carbocycles. The molecule has 5 aromatic rings. The molecule has 0 radical (unpaired) electrons. The van der Waals surface area contributed by atoms with Gasteiger partial charge in [0.25, 0.3) is 5.56 Å². The lowest BCUT2D eigenvalue weighted by atomic mass is 10.0. The molecule has 0 bridgehead atoms. The molecule has 0 aliphatic carbocycles. The third-order valence-electron chi connectivity index (χ3n) is 7.12. The number of thiophene rings is 1. The van der Waals surface area contributed by atoms with Gasteiger partial charge in [0, 0.05) is 23.5 Å². The number of H-pyrrole nitrogens is 1. The molecule has 3 aromatic heterocycles. The molecular weight excluding hydrogens is 496 g/mol. The summed E-state index contributed by atoms with van der Waals surface area (Å²) in [7, 11) is 1.66. The number of ether oxygens (including phenoxy) is 1. The minimum Gasteiger partial charge on any atom is -0.497 e. The van der Waals surface area contributed by atoms with Crippen molar-refractivity contribution < 1.29 is 4.74 Å². The first-order valence-corrected chi connectivity index (χ1v) is 13.6. The Morgan fingerprint density at radius 1 is 1.11 bits per heavy atom. The Balaban J connectivity index is 1.49. The van der Waals surface area contributed by atoms with Gasteiger partial charge >= 0.3 is 0 Å². The highest BCUT2D eigenvalue weighted by Gasteiger charge is 2.26. The topological polar surface area (TPSA) is 88.9 Å². The van der Waals surface area contributed by atoms with Gasteiger partial charge in [-0.1, -0.05) is 37.3 Å². The summed E-state index contributed by atoms with van der Waals surface area (Å²) in [5.41, 5.74) is 4.91. The minimum absolute atomic E-state index is 0.0601. The smallest absolute Gasteiger partial charge is 0.252 e. The number of benzene rings is 2. The van der Waals surface area contributed by atoms with Crippen molar-refractivity contribution in [2.24, 2.45) is 0 Å². The Hall–Kier alpha value is -3.82. The highest BCUT2D eigenvalue weighted by molar-refractivity contribution is 7.09. The monoisotopic (exact) mass is 528 g/mol. The van der Waals surface area contributed by atoms with Gasteiger partial charge < -0.3 is 9.72 Å². The molecule has 0 aliphatic heterocycles. The predicted octanol–water partition coefficient (Wildman–Crippen LogP) is 5.40. The third kappa shape index (κ3) is 5.39. The van der Waals surface area contributed by atoms with Gasteiger partial charge in [-0.25, -0.2) is 4.68 Å². The fourth-order valence-corrected chi connectivity index (χ4v) is 5.59. The van der Waals surface area contributed by atoms with Crippen LogP contribution in [0.2, 0.25) is 0 Å². The Bertz CT molecular complexity index is 1570. The molecule has 38 heavy (non-hydrogen) atoms. The van der Waals surface area contributed by atoms with Crippen molar-refractivity contribution in [1.29, 1.82) is 0 Å². The molecule has 0 aliphatic rings. The summed E-state index contributed by atoms with van der Waals surface area (Å²) in [6.45, 7) is 7.96. The zero-order valence-corrected chi connectivity index (χ0v) is 23.0. The molecule has 196 valence electrons. The van der Waals surface area contributed by atoms with Gasteiger partial charge in [-0.2, -0.15) is 0 Å². The summed E-state index contributed by atoms with van der Waals surface area (Å²) in [6, 6.07) is 18.2. The second-order valence-electron chi connectivity index (χ2n) is 9.55. The molecule has 1 N–H and O–H groups in total.